The molecule has 0 saturated carbocycles. The van der Waals surface area contributed by atoms with Crippen molar-refractivity contribution in [1.29, 1.82) is 0 Å². The van der Waals surface area contributed by atoms with E-state index in [-0.39, 0.29) is 28.3 Å². The van der Waals surface area contributed by atoms with Crippen LogP contribution >= 0.6 is 11.6 Å². The second kappa shape index (κ2) is 9.49. The van der Waals surface area contributed by atoms with Gasteiger partial charge >= 0.3 is 5.97 Å². The minimum absolute atomic E-state index is 0.0343. The molecular formula is C16H22ClNO6S. The van der Waals surface area contributed by atoms with Crippen molar-refractivity contribution >= 4 is 27.6 Å². The number of halogens is 1. The highest BCUT2D eigenvalue weighted by molar-refractivity contribution is 7.89. The molecule has 0 amide bonds. The van der Waals surface area contributed by atoms with E-state index in [9.17, 15) is 13.2 Å². The Balaban J connectivity index is 1.87. The van der Waals surface area contributed by atoms with Crippen LogP contribution in [0.4, 0.5) is 0 Å². The average Bonchev–Trinajstić information content (AvgIpc) is 2.61. The van der Waals surface area contributed by atoms with Gasteiger partial charge in [-0.15, -0.1) is 0 Å². The number of sulfonamides is 1. The van der Waals surface area contributed by atoms with Gasteiger partial charge in [0.2, 0.25) is 10.0 Å². The molecule has 7 nitrogen and oxygen atoms in total. The highest BCUT2D eigenvalue weighted by Gasteiger charge is 2.20. The first kappa shape index (κ1) is 20.1. The molecule has 0 bridgehead atoms. The van der Waals surface area contributed by atoms with E-state index in [4.69, 9.17) is 21.1 Å². The van der Waals surface area contributed by atoms with E-state index in [2.05, 4.69) is 9.46 Å². The van der Waals surface area contributed by atoms with Gasteiger partial charge in [0.1, 0.15) is 4.90 Å². The number of benzene rings is 1. The lowest BCUT2D eigenvalue weighted by atomic mass is 10.2. The topological polar surface area (TPSA) is 90.9 Å². The molecule has 1 N–H and O–H groups in total. The quantitative estimate of drug-likeness (QED) is 0.540. The highest BCUT2D eigenvalue weighted by atomic mass is 35.5. The molecule has 25 heavy (non-hydrogen) atoms. The molecule has 1 aliphatic heterocycles. The highest BCUT2D eigenvalue weighted by Crippen LogP contribution is 2.23. The number of rotatable bonds is 8. The molecule has 9 heteroatoms. The van der Waals surface area contributed by atoms with Crippen molar-refractivity contribution in [2.45, 2.75) is 36.9 Å². The summed E-state index contributed by atoms with van der Waals surface area (Å²) >= 11 is 5.96. The molecule has 0 aliphatic carbocycles. The van der Waals surface area contributed by atoms with E-state index in [1.807, 2.05) is 0 Å². The summed E-state index contributed by atoms with van der Waals surface area (Å²) in [4.78, 5) is 11.4. The predicted octanol–water partition coefficient (Wildman–Crippen LogP) is 2.34. The number of carbonyl (C=O) groups is 1. The molecule has 1 aromatic carbocycles. The summed E-state index contributed by atoms with van der Waals surface area (Å²) in [6, 6.07) is 3.96. The first-order valence-electron chi connectivity index (χ1n) is 8.05. The van der Waals surface area contributed by atoms with Gasteiger partial charge < -0.3 is 14.2 Å². The van der Waals surface area contributed by atoms with Gasteiger partial charge in [0, 0.05) is 13.2 Å². The number of carbonyl (C=O) groups excluding carboxylic acids is 1. The second-order valence-electron chi connectivity index (χ2n) is 5.56. The van der Waals surface area contributed by atoms with Gasteiger partial charge in [-0.25, -0.2) is 17.9 Å². The van der Waals surface area contributed by atoms with Crippen molar-refractivity contribution in [3.8, 4) is 0 Å². The van der Waals surface area contributed by atoms with Crippen LogP contribution in [0.2, 0.25) is 5.02 Å². The third kappa shape index (κ3) is 5.93. The molecule has 0 aromatic heterocycles. The van der Waals surface area contributed by atoms with Gasteiger partial charge in [0.15, 0.2) is 6.29 Å². The Morgan fingerprint density at radius 1 is 1.40 bits per heavy atom. The molecule has 1 fully saturated rings. The van der Waals surface area contributed by atoms with Crippen molar-refractivity contribution < 1.29 is 27.4 Å². The maximum atomic E-state index is 12.4. The molecule has 140 valence electrons. The first-order valence-corrected chi connectivity index (χ1v) is 9.91. The Bertz CT molecular complexity index is 688. The van der Waals surface area contributed by atoms with Crippen LogP contribution in [0, 0.1) is 0 Å². The zero-order valence-corrected chi connectivity index (χ0v) is 15.6. The van der Waals surface area contributed by atoms with Gasteiger partial charge in [-0.3, -0.25) is 0 Å². The van der Waals surface area contributed by atoms with E-state index in [1.54, 1.807) is 0 Å². The van der Waals surface area contributed by atoms with E-state index in [0.29, 0.717) is 19.6 Å². The molecule has 1 aliphatic rings. The van der Waals surface area contributed by atoms with Gasteiger partial charge in [0.25, 0.3) is 0 Å². The lowest BCUT2D eigenvalue weighted by Crippen LogP contribution is -2.27. The fourth-order valence-corrected chi connectivity index (χ4v) is 3.97. The van der Waals surface area contributed by atoms with Crippen LogP contribution in [0.25, 0.3) is 0 Å². The molecule has 0 unspecified atom stereocenters. The SMILES string of the molecule is COC(=O)c1ccc(Cl)c(S(=O)(=O)NCCCO[C@@H]2CCCCO2)c1. The smallest absolute Gasteiger partial charge is 0.337 e. The van der Waals surface area contributed by atoms with E-state index >= 15 is 0 Å². The van der Waals surface area contributed by atoms with Crippen molar-refractivity contribution in [1.82, 2.24) is 4.72 Å². The van der Waals surface area contributed by atoms with Crippen LogP contribution in [0.5, 0.6) is 0 Å². The van der Waals surface area contributed by atoms with Crippen LogP contribution in [0.15, 0.2) is 23.1 Å². The summed E-state index contributed by atoms with van der Waals surface area (Å²) in [6.07, 6.45) is 3.28. The molecule has 1 saturated heterocycles. The average molecular weight is 392 g/mol. The third-order valence-corrected chi connectivity index (χ3v) is 5.64. The second-order valence-corrected chi connectivity index (χ2v) is 7.70. The number of hydrogen-bond acceptors (Lipinski definition) is 6. The molecule has 1 heterocycles. The number of nitrogens with one attached hydrogen (secondary N) is 1. The number of methoxy groups -OCH3 is 1. The lowest BCUT2D eigenvalue weighted by Gasteiger charge is -2.22. The van der Waals surface area contributed by atoms with Crippen LogP contribution in [-0.2, 0) is 24.2 Å². The Morgan fingerprint density at radius 2 is 2.20 bits per heavy atom. The summed E-state index contributed by atoms with van der Waals surface area (Å²) in [7, 11) is -2.62. The van der Waals surface area contributed by atoms with Crippen molar-refractivity contribution in [3.05, 3.63) is 28.8 Å². The van der Waals surface area contributed by atoms with Gasteiger partial charge in [0.05, 0.1) is 24.3 Å². The fraction of sp³-hybridized carbons (Fsp3) is 0.562. The minimum Gasteiger partial charge on any atom is -0.465 e. The zero-order chi connectivity index (χ0) is 18.3. The molecule has 2 rings (SSSR count). The van der Waals surface area contributed by atoms with Crippen LogP contribution in [-0.4, -0.2) is 47.5 Å². The van der Waals surface area contributed by atoms with Crippen LogP contribution < -0.4 is 4.72 Å². The molecule has 0 spiro atoms. The predicted molar refractivity (Wildman–Crippen MR) is 92.1 cm³/mol. The monoisotopic (exact) mass is 391 g/mol. The lowest BCUT2D eigenvalue weighted by molar-refractivity contribution is -0.162. The van der Waals surface area contributed by atoms with Gasteiger partial charge in [-0.2, -0.15) is 0 Å². The van der Waals surface area contributed by atoms with Gasteiger partial charge in [-0.1, -0.05) is 11.6 Å². The summed E-state index contributed by atoms with van der Waals surface area (Å²) < 4.78 is 42.8. The van der Waals surface area contributed by atoms with Crippen molar-refractivity contribution in [3.63, 3.8) is 0 Å². The number of hydrogen-bond donors (Lipinski definition) is 1. The first-order chi connectivity index (χ1) is 11.9. The van der Waals surface area contributed by atoms with E-state index in [1.165, 1.54) is 25.3 Å². The number of esters is 1. The summed E-state index contributed by atoms with van der Waals surface area (Å²) in [6.45, 7) is 1.28. The Labute approximate surface area is 152 Å². The fourth-order valence-electron chi connectivity index (χ4n) is 2.37. The number of ether oxygens (including phenoxy) is 3. The largest absolute Gasteiger partial charge is 0.465 e. The zero-order valence-electron chi connectivity index (χ0n) is 14.0. The maximum absolute atomic E-state index is 12.4. The molecule has 0 radical (unpaired) electrons. The van der Waals surface area contributed by atoms with Crippen molar-refractivity contribution in [2.24, 2.45) is 0 Å². The summed E-state index contributed by atoms with van der Waals surface area (Å²) in [5.74, 6) is -0.631. The minimum atomic E-state index is -3.84. The molecule has 1 atom stereocenters. The standard InChI is InChI=1S/C16H22ClNO6S/c1-22-16(19)12-6-7-13(17)14(11-12)25(20,21)18-8-4-10-24-15-5-2-3-9-23-15/h6-7,11,15,18H,2-5,8-10H2,1H3/t15-/m1/s1. The van der Waals surface area contributed by atoms with E-state index < -0.39 is 16.0 Å². The maximum Gasteiger partial charge on any atom is 0.337 e. The Hall–Kier alpha value is -1.19. The van der Waals surface area contributed by atoms with E-state index in [0.717, 1.165) is 19.3 Å². The molecule has 1 aromatic rings. The van der Waals surface area contributed by atoms with Gasteiger partial charge in [-0.05, 0) is 43.9 Å². The molecular weight excluding hydrogens is 370 g/mol. The summed E-state index contributed by atoms with van der Waals surface area (Å²) in [5.41, 5.74) is 0.116. The summed E-state index contributed by atoms with van der Waals surface area (Å²) in [5, 5.41) is 0.0343. The Kier molecular flexibility index (Phi) is 7.64. The van der Waals surface area contributed by atoms with Crippen LogP contribution in [0.3, 0.4) is 0 Å². The third-order valence-electron chi connectivity index (χ3n) is 3.70. The van der Waals surface area contributed by atoms with Crippen molar-refractivity contribution in [2.75, 3.05) is 26.9 Å². The Morgan fingerprint density at radius 3 is 2.88 bits per heavy atom. The van der Waals surface area contributed by atoms with Crippen LogP contribution in [0.1, 0.15) is 36.0 Å². The normalized spacial score (nSPS) is 18.1.